The number of rotatable bonds is 1. The second-order valence-corrected chi connectivity index (χ2v) is 3.36. The van der Waals surface area contributed by atoms with Crippen LogP contribution in [0.2, 0.25) is 0 Å². The van der Waals surface area contributed by atoms with E-state index in [2.05, 4.69) is 5.32 Å². The van der Waals surface area contributed by atoms with Crippen molar-refractivity contribution in [1.82, 2.24) is 5.32 Å². The number of ketones is 1. The quantitative estimate of drug-likeness (QED) is 0.506. The minimum atomic E-state index is -0.807. The molecule has 0 radical (unpaired) electrons. The molecule has 68 valence electrons. The smallest absolute Gasteiger partial charge is 0.259 e. The molecule has 5 heteroatoms. The molecular formula is C8H11NO3Zn. The van der Waals surface area contributed by atoms with Gasteiger partial charge in [0.15, 0.2) is 5.78 Å². The van der Waals surface area contributed by atoms with Crippen LogP contribution in [-0.4, -0.2) is 22.3 Å². The van der Waals surface area contributed by atoms with E-state index >= 15 is 0 Å². The molecule has 1 rings (SSSR count). The van der Waals surface area contributed by atoms with Crippen LogP contribution in [-0.2, 0) is 29.1 Å². The van der Waals surface area contributed by atoms with Gasteiger partial charge >= 0.3 is 0 Å². The normalized spacial score (nSPS) is 19.5. The second-order valence-electron chi connectivity index (χ2n) is 3.36. The molecule has 0 aliphatic carbocycles. The first-order valence-corrected chi connectivity index (χ1v) is 3.63. The van der Waals surface area contributed by atoms with E-state index in [4.69, 9.17) is 0 Å². The molecule has 1 aliphatic rings. The first-order valence-electron chi connectivity index (χ1n) is 3.63. The Morgan fingerprint density at radius 2 is 1.92 bits per heavy atom. The van der Waals surface area contributed by atoms with Gasteiger partial charge in [-0.25, -0.2) is 0 Å². The van der Waals surface area contributed by atoms with E-state index in [1.54, 1.807) is 13.8 Å². The van der Waals surface area contributed by atoms with Gasteiger partial charge in [0.1, 0.15) is 11.3 Å². The topological polar surface area (TPSA) is 66.4 Å². The molecule has 0 saturated carbocycles. The molecule has 0 aromatic rings. The molecule has 13 heavy (non-hydrogen) atoms. The molecule has 1 amide bonds. The Morgan fingerprint density at radius 1 is 1.46 bits per heavy atom. The Balaban J connectivity index is 0.00000144. The van der Waals surface area contributed by atoms with Crippen LogP contribution >= 0.6 is 0 Å². The van der Waals surface area contributed by atoms with Gasteiger partial charge in [-0.2, -0.15) is 0 Å². The van der Waals surface area contributed by atoms with Crippen molar-refractivity contribution in [2.45, 2.75) is 26.3 Å². The predicted octanol–water partition coefficient (Wildman–Crippen LogP) is 0.293. The summed E-state index contributed by atoms with van der Waals surface area (Å²) in [7, 11) is 0. The molecule has 2 N–H and O–H groups in total. The number of carbonyl (C=O) groups is 2. The van der Waals surface area contributed by atoms with Crippen molar-refractivity contribution in [2.24, 2.45) is 0 Å². The molecule has 1 aliphatic heterocycles. The van der Waals surface area contributed by atoms with Crippen molar-refractivity contribution in [1.29, 1.82) is 0 Å². The fraction of sp³-hybridized carbons (Fsp3) is 0.500. The third kappa shape index (κ3) is 1.97. The number of aliphatic hydroxyl groups excluding tert-OH is 1. The molecule has 0 bridgehead atoms. The minimum Gasteiger partial charge on any atom is -0.509 e. The molecule has 0 saturated heterocycles. The fourth-order valence-corrected chi connectivity index (χ4v) is 1.15. The molecule has 0 atom stereocenters. The Labute approximate surface area is 89.1 Å². The van der Waals surface area contributed by atoms with Gasteiger partial charge < -0.3 is 10.4 Å². The van der Waals surface area contributed by atoms with Crippen LogP contribution in [0.5, 0.6) is 0 Å². The van der Waals surface area contributed by atoms with E-state index in [1.807, 2.05) is 0 Å². The summed E-state index contributed by atoms with van der Waals surface area (Å²) in [5, 5.41) is 11.9. The Kier molecular flexibility index (Phi) is 3.39. The van der Waals surface area contributed by atoms with E-state index in [1.165, 1.54) is 6.92 Å². The molecule has 0 aromatic carbocycles. The van der Waals surface area contributed by atoms with Crippen molar-refractivity contribution in [3.05, 3.63) is 11.3 Å². The van der Waals surface area contributed by atoms with Crippen LogP contribution in [0.4, 0.5) is 0 Å². The zero-order valence-electron chi connectivity index (χ0n) is 7.97. The standard InChI is InChI=1S/C8H11NO3.Zn/c1-4(10)5-6(11)8(2,3)9-7(5)12;/h11H,1-3H3,(H,9,12);. The largest absolute Gasteiger partial charge is 0.509 e. The maximum Gasteiger partial charge on any atom is 0.259 e. The molecule has 0 unspecified atom stereocenters. The second kappa shape index (κ2) is 3.58. The monoisotopic (exact) mass is 233 g/mol. The van der Waals surface area contributed by atoms with Gasteiger partial charge in [0, 0.05) is 19.5 Å². The summed E-state index contributed by atoms with van der Waals surface area (Å²) >= 11 is 0. The van der Waals surface area contributed by atoms with Crippen LogP contribution in [0, 0.1) is 0 Å². The van der Waals surface area contributed by atoms with E-state index < -0.39 is 17.2 Å². The van der Waals surface area contributed by atoms with Crippen molar-refractivity contribution < 1.29 is 34.2 Å². The summed E-state index contributed by atoms with van der Waals surface area (Å²) < 4.78 is 0. The SMILES string of the molecule is CC(=O)C1=C(O)C(C)(C)NC1=O.[Zn]. The number of hydrogen-bond donors (Lipinski definition) is 2. The van der Waals surface area contributed by atoms with Gasteiger partial charge in [0.2, 0.25) is 0 Å². The molecular weight excluding hydrogens is 223 g/mol. The van der Waals surface area contributed by atoms with Crippen molar-refractivity contribution >= 4 is 11.7 Å². The van der Waals surface area contributed by atoms with Crippen molar-refractivity contribution in [2.75, 3.05) is 0 Å². The Bertz CT molecular complexity index is 294. The van der Waals surface area contributed by atoms with Gasteiger partial charge in [-0.05, 0) is 20.8 Å². The van der Waals surface area contributed by atoms with Gasteiger partial charge in [0.25, 0.3) is 5.91 Å². The van der Waals surface area contributed by atoms with Gasteiger partial charge in [-0.3, -0.25) is 9.59 Å². The first-order chi connectivity index (χ1) is 5.36. The number of Topliss-reactive ketones (excluding diaryl/α,β-unsaturated/α-hetero) is 1. The summed E-state index contributed by atoms with van der Waals surface area (Å²) in [5.74, 6) is -1.07. The number of hydrogen-bond acceptors (Lipinski definition) is 3. The van der Waals surface area contributed by atoms with Crippen LogP contribution < -0.4 is 5.32 Å². The van der Waals surface area contributed by atoms with E-state index in [0.29, 0.717) is 0 Å². The van der Waals surface area contributed by atoms with Gasteiger partial charge in [-0.15, -0.1) is 0 Å². The van der Waals surface area contributed by atoms with Gasteiger partial charge in [-0.1, -0.05) is 0 Å². The van der Waals surface area contributed by atoms with Crippen LogP contribution in [0.1, 0.15) is 20.8 Å². The molecule has 4 nitrogen and oxygen atoms in total. The molecule has 0 fully saturated rings. The first kappa shape index (κ1) is 12.3. The minimum absolute atomic E-state index is 0. The number of nitrogens with one attached hydrogen (secondary N) is 1. The third-order valence-electron chi connectivity index (χ3n) is 1.83. The zero-order chi connectivity index (χ0) is 9.52. The van der Waals surface area contributed by atoms with Crippen molar-refractivity contribution in [3.63, 3.8) is 0 Å². The maximum atomic E-state index is 11.1. The fourth-order valence-electron chi connectivity index (χ4n) is 1.15. The van der Waals surface area contributed by atoms with E-state index in [0.717, 1.165) is 0 Å². The zero-order valence-corrected chi connectivity index (χ0v) is 10.9. The maximum absolute atomic E-state index is 11.1. The summed E-state index contributed by atoms with van der Waals surface area (Å²) in [4.78, 5) is 22.0. The van der Waals surface area contributed by atoms with E-state index in [-0.39, 0.29) is 30.8 Å². The van der Waals surface area contributed by atoms with Gasteiger partial charge in [0.05, 0.1) is 5.54 Å². The van der Waals surface area contributed by atoms with Crippen molar-refractivity contribution in [3.8, 4) is 0 Å². The predicted molar refractivity (Wildman–Crippen MR) is 42.6 cm³/mol. The summed E-state index contributed by atoms with van der Waals surface area (Å²) in [6.07, 6.45) is 0. The average Bonchev–Trinajstić information content (AvgIpc) is 2.02. The third-order valence-corrected chi connectivity index (χ3v) is 1.83. The van der Waals surface area contributed by atoms with Crippen LogP contribution in [0.15, 0.2) is 11.3 Å². The molecule has 0 aromatic heterocycles. The average molecular weight is 235 g/mol. The summed E-state index contributed by atoms with van der Waals surface area (Å²) in [6, 6.07) is 0. The molecule has 0 spiro atoms. The Morgan fingerprint density at radius 3 is 2.08 bits per heavy atom. The number of carbonyl (C=O) groups excluding carboxylic acids is 2. The van der Waals surface area contributed by atoms with Crippen LogP contribution in [0.25, 0.3) is 0 Å². The van der Waals surface area contributed by atoms with Crippen LogP contribution in [0.3, 0.4) is 0 Å². The molecule has 1 heterocycles. The van der Waals surface area contributed by atoms with E-state index in [9.17, 15) is 14.7 Å². The number of aliphatic hydroxyl groups is 1. The number of amides is 1. The summed E-state index contributed by atoms with van der Waals surface area (Å²) in [5.41, 5.74) is -0.932. The Hall–Kier alpha value is -0.697. The summed E-state index contributed by atoms with van der Waals surface area (Å²) in [6.45, 7) is 4.53.